The van der Waals surface area contributed by atoms with Gasteiger partial charge in [0.05, 0.1) is 6.07 Å². The van der Waals surface area contributed by atoms with E-state index in [2.05, 4.69) is 53.3 Å². The monoisotopic (exact) mass is 334 g/mol. The van der Waals surface area contributed by atoms with Gasteiger partial charge in [0.25, 0.3) is 0 Å². The summed E-state index contributed by atoms with van der Waals surface area (Å²) in [6, 6.07) is 10.3. The van der Waals surface area contributed by atoms with Crippen LogP contribution < -0.4 is 5.32 Å². The lowest BCUT2D eigenvalue weighted by molar-refractivity contribution is -0.132. The molecule has 0 spiro atoms. The third-order valence-corrected chi connectivity index (χ3v) is 4.70. The molecule has 106 valence electrons. The molecule has 0 saturated heterocycles. The van der Waals surface area contributed by atoms with Gasteiger partial charge in [-0.05, 0) is 37.0 Å². The topological polar surface area (TPSA) is 52.9 Å². The zero-order valence-corrected chi connectivity index (χ0v) is 13.5. The van der Waals surface area contributed by atoms with Gasteiger partial charge >= 0.3 is 0 Å². The number of hydrogen-bond donors (Lipinski definition) is 1. The third-order valence-electron chi connectivity index (χ3n) is 4.17. The van der Waals surface area contributed by atoms with Gasteiger partial charge in [0.15, 0.2) is 0 Å². The van der Waals surface area contributed by atoms with Crippen LogP contribution in [-0.4, -0.2) is 12.5 Å². The van der Waals surface area contributed by atoms with Crippen molar-refractivity contribution in [2.75, 3.05) is 6.54 Å². The molecule has 0 radical (unpaired) electrons. The number of hydrogen-bond acceptors (Lipinski definition) is 2. The number of nitrogens with zero attached hydrogens (tertiary/aromatic N) is 1. The summed E-state index contributed by atoms with van der Waals surface area (Å²) in [6.07, 6.45) is 2.35. The quantitative estimate of drug-likeness (QED) is 0.915. The van der Waals surface area contributed by atoms with Crippen molar-refractivity contribution in [3.8, 4) is 6.07 Å². The summed E-state index contributed by atoms with van der Waals surface area (Å²) in [4.78, 5) is 12.2. The molecule has 1 fully saturated rings. The Bertz CT molecular complexity index is 539. The van der Waals surface area contributed by atoms with Gasteiger partial charge in [-0.15, -0.1) is 0 Å². The predicted molar refractivity (Wildman–Crippen MR) is 82.1 cm³/mol. The van der Waals surface area contributed by atoms with E-state index in [4.69, 9.17) is 5.26 Å². The van der Waals surface area contributed by atoms with Crippen molar-refractivity contribution in [3.63, 3.8) is 0 Å². The summed E-state index contributed by atoms with van der Waals surface area (Å²) in [7, 11) is 0. The molecular formula is C16H19BrN2O. The number of nitrogens with one attached hydrogen (secondary N) is 1. The van der Waals surface area contributed by atoms with E-state index < -0.39 is 5.41 Å². The van der Waals surface area contributed by atoms with Gasteiger partial charge in [-0.3, -0.25) is 4.79 Å². The summed E-state index contributed by atoms with van der Waals surface area (Å²) in [5.74, 6) is -0.114. The number of amides is 1. The Labute approximate surface area is 128 Å². The van der Waals surface area contributed by atoms with Crippen molar-refractivity contribution in [3.05, 3.63) is 34.3 Å². The van der Waals surface area contributed by atoms with E-state index in [1.54, 1.807) is 0 Å². The fourth-order valence-electron chi connectivity index (χ4n) is 2.39. The largest absolute Gasteiger partial charge is 0.354 e. The molecule has 20 heavy (non-hydrogen) atoms. The van der Waals surface area contributed by atoms with Crippen molar-refractivity contribution < 1.29 is 4.79 Å². The van der Waals surface area contributed by atoms with Crippen molar-refractivity contribution in [2.24, 2.45) is 5.41 Å². The normalized spacial score (nSPS) is 16.9. The molecule has 0 heterocycles. The second kappa shape index (κ2) is 5.57. The van der Waals surface area contributed by atoms with Crippen molar-refractivity contribution in [2.45, 2.75) is 38.5 Å². The molecule has 0 aromatic heterocycles. The summed E-state index contributed by atoms with van der Waals surface area (Å²) in [5, 5.41) is 12.1. The van der Waals surface area contributed by atoms with Crippen molar-refractivity contribution in [1.82, 2.24) is 5.32 Å². The van der Waals surface area contributed by atoms with Crippen LogP contribution in [0.1, 0.15) is 38.7 Å². The molecule has 1 aromatic carbocycles. The first-order chi connectivity index (χ1) is 9.39. The Kier molecular flexibility index (Phi) is 4.19. The minimum absolute atomic E-state index is 0.114. The molecule has 1 aliphatic carbocycles. The zero-order chi connectivity index (χ0) is 14.8. The van der Waals surface area contributed by atoms with Gasteiger partial charge in [-0.1, -0.05) is 41.9 Å². The fourth-order valence-corrected chi connectivity index (χ4v) is 2.66. The second-order valence-corrected chi connectivity index (χ2v) is 7.04. The molecule has 1 aliphatic rings. The minimum Gasteiger partial charge on any atom is -0.354 e. The third kappa shape index (κ3) is 2.88. The standard InChI is InChI=1S/C16H19BrN2O/c1-15(2,12-4-6-13(17)7-5-12)11-19-14(20)16(10-18)8-3-9-16/h4-7H,3,8-9,11H2,1-2H3,(H,19,20). The number of carbonyl (C=O) groups is 1. The first-order valence-corrected chi connectivity index (χ1v) is 7.65. The average Bonchev–Trinajstić information content (AvgIpc) is 2.36. The first-order valence-electron chi connectivity index (χ1n) is 6.85. The number of benzene rings is 1. The first kappa shape index (κ1) is 15.1. The van der Waals surface area contributed by atoms with Crippen LogP contribution in [-0.2, 0) is 10.2 Å². The molecule has 0 atom stereocenters. The van der Waals surface area contributed by atoms with Gasteiger partial charge in [0.1, 0.15) is 5.41 Å². The van der Waals surface area contributed by atoms with Gasteiger partial charge in [-0.2, -0.15) is 5.26 Å². The number of nitriles is 1. The van der Waals surface area contributed by atoms with Crippen molar-refractivity contribution >= 4 is 21.8 Å². The van der Waals surface area contributed by atoms with E-state index >= 15 is 0 Å². The van der Waals surface area contributed by atoms with E-state index in [0.717, 1.165) is 10.9 Å². The van der Waals surface area contributed by atoms with Crippen LogP contribution in [0.4, 0.5) is 0 Å². The van der Waals surface area contributed by atoms with Gasteiger partial charge in [0, 0.05) is 16.4 Å². The molecule has 0 bridgehead atoms. The Morgan fingerprint density at radius 3 is 2.45 bits per heavy atom. The lowest BCUT2D eigenvalue weighted by atomic mass is 9.69. The number of halogens is 1. The van der Waals surface area contributed by atoms with E-state index in [0.29, 0.717) is 19.4 Å². The highest BCUT2D eigenvalue weighted by Crippen LogP contribution is 2.40. The molecule has 1 aromatic rings. The van der Waals surface area contributed by atoms with Gasteiger partial charge in [0.2, 0.25) is 5.91 Å². The van der Waals surface area contributed by atoms with E-state index in [1.165, 1.54) is 5.56 Å². The van der Waals surface area contributed by atoms with Gasteiger partial charge in [-0.25, -0.2) is 0 Å². The van der Waals surface area contributed by atoms with Crippen LogP contribution >= 0.6 is 15.9 Å². The highest BCUT2D eigenvalue weighted by atomic mass is 79.9. The van der Waals surface area contributed by atoms with Gasteiger partial charge < -0.3 is 5.32 Å². The Morgan fingerprint density at radius 2 is 2.00 bits per heavy atom. The summed E-state index contributed by atoms with van der Waals surface area (Å²) >= 11 is 3.42. The maximum Gasteiger partial charge on any atom is 0.240 e. The van der Waals surface area contributed by atoms with Crippen LogP contribution in [0.15, 0.2) is 28.7 Å². The van der Waals surface area contributed by atoms with E-state index in [9.17, 15) is 4.79 Å². The molecule has 1 N–H and O–H groups in total. The molecule has 4 heteroatoms. The maximum absolute atomic E-state index is 12.2. The van der Waals surface area contributed by atoms with Crippen LogP contribution in [0.2, 0.25) is 0 Å². The van der Waals surface area contributed by atoms with Crippen molar-refractivity contribution in [1.29, 1.82) is 5.26 Å². The van der Waals surface area contributed by atoms with Crippen LogP contribution in [0.3, 0.4) is 0 Å². The number of rotatable bonds is 4. The Hall–Kier alpha value is -1.34. The minimum atomic E-state index is -0.768. The summed E-state index contributed by atoms with van der Waals surface area (Å²) < 4.78 is 1.04. The lowest BCUT2D eigenvalue weighted by Gasteiger charge is -2.35. The summed E-state index contributed by atoms with van der Waals surface area (Å²) in [6.45, 7) is 4.73. The van der Waals surface area contributed by atoms with Crippen LogP contribution in [0, 0.1) is 16.7 Å². The Morgan fingerprint density at radius 1 is 1.40 bits per heavy atom. The van der Waals surface area contributed by atoms with Crippen LogP contribution in [0.25, 0.3) is 0 Å². The highest BCUT2D eigenvalue weighted by molar-refractivity contribution is 9.10. The zero-order valence-electron chi connectivity index (χ0n) is 11.9. The Balaban J connectivity index is 2.01. The highest BCUT2D eigenvalue weighted by Gasteiger charge is 2.44. The maximum atomic E-state index is 12.2. The molecular weight excluding hydrogens is 316 g/mol. The molecule has 2 rings (SSSR count). The number of carbonyl (C=O) groups excluding carboxylic acids is 1. The lowest BCUT2D eigenvalue weighted by Crippen LogP contribution is -2.48. The van der Waals surface area contributed by atoms with E-state index in [1.807, 2.05) is 12.1 Å². The summed E-state index contributed by atoms with van der Waals surface area (Å²) in [5.41, 5.74) is 0.243. The molecule has 0 unspecified atom stereocenters. The second-order valence-electron chi connectivity index (χ2n) is 6.12. The van der Waals surface area contributed by atoms with E-state index in [-0.39, 0.29) is 11.3 Å². The SMILES string of the molecule is CC(C)(CNC(=O)C1(C#N)CCC1)c1ccc(Br)cc1. The van der Waals surface area contributed by atoms with Crippen LogP contribution in [0.5, 0.6) is 0 Å². The average molecular weight is 335 g/mol. The molecule has 3 nitrogen and oxygen atoms in total. The predicted octanol–water partition coefficient (Wildman–Crippen LogP) is 3.54. The smallest absolute Gasteiger partial charge is 0.240 e. The molecule has 0 aliphatic heterocycles. The molecule has 1 amide bonds. The fraction of sp³-hybridized carbons (Fsp3) is 0.500. The molecule has 1 saturated carbocycles.